The second-order valence-electron chi connectivity index (χ2n) is 1.26. The largest absolute Gasteiger partial charge is 0.393 e. The summed E-state index contributed by atoms with van der Waals surface area (Å²) in [6.45, 7) is 3.73. The molecule has 0 saturated heterocycles. The molecule has 0 aliphatic carbocycles. The van der Waals surface area contributed by atoms with Gasteiger partial charge in [0.15, 0.2) is 0 Å². The lowest BCUT2D eigenvalue weighted by molar-refractivity contribution is 0.191. The van der Waals surface area contributed by atoms with Crippen LogP contribution in [0.2, 0.25) is 0 Å². The molecule has 0 radical (unpaired) electrons. The van der Waals surface area contributed by atoms with Gasteiger partial charge in [-0.25, -0.2) is 0 Å². The maximum Gasteiger partial charge on any atom is 0.0509 e. The predicted octanol–water partition coefficient (Wildman–Crippen LogP) is -0.498. The van der Waals surface area contributed by atoms with Crippen molar-refractivity contribution in [3.05, 3.63) is 0 Å². The van der Waals surface area contributed by atoms with E-state index >= 15 is 0 Å². The number of rotatable bonds is 1. The molecule has 0 heterocycles. The van der Waals surface area contributed by atoms with Crippen LogP contribution >= 0.6 is 0 Å². The Bertz CT molecular complexity index is 27.6. The first-order chi connectivity index (χ1) is 5.27. The molecule has 0 amide bonds. The average molecular weight is 167 g/mol. The number of nitrogens with two attached hydrogens (primary N) is 3. The van der Waals surface area contributed by atoms with Crippen LogP contribution in [0.1, 0.15) is 20.3 Å². The van der Waals surface area contributed by atoms with Crippen LogP contribution in [0.3, 0.4) is 0 Å². The number of aliphatic hydroxyl groups is 1. The van der Waals surface area contributed by atoms with E-state index in [4.69, 9.17) is 5.11 Å². The van der Waals surface area contributed by atoms with E-state index in [0.29, 0.717) is 0 Å². The van der Waals surface area contributed by atoms with Gasteiger partial charge in [-0.05, 0) is 34.5 Å². The van der Waals surface area contributed by atoms with Crippen molar-refractivity contribution in [3.63, 3.8) is 0 Å². The summed E-state index contributed by atoms with van der Waals surface area (Å²) in [6.07, 6.45) is 0.745. The second-order valence-corrected chi connectivity index (χ2v) is 1.26. The van der Waals surface area contributed by atoms with Crippen molar-refractivity contribution in [2.75, 3.05) is 21.1 Å². The molecular formula is C7H25N3O. The minimum absolute atomic E-state index is 0.116. The molecule has 0 aromatic carbocycles. The minimum Gasteiger partial charge on any atom is -0.393 e. The Morgan fingerprint density at radius 1 is 1.00 bits per heavy atom. The molecular weight excluding hydrogens is 142 g/mol. The molecule has 4 nitrogen and oxygen atoms in total. The Labute approximate surface area is 70.8 Å². The topological polar surface area (TPSA) is 98.3 Å². The van der Waals surface area contributed by atoms with Gasteiger partial charge in [0.2, 0.25) is 0 Å². The molecule has 0 fully saturated rings. The van der Waals surface area contributed by atoms with Crippen LogP contribution in [-0.2, 0) is 0 Å². The second kappa shape index (κ2) is 52.1. The molecule has 0 aromatic heterocycles. The van der Waals surface area contributed by atoms with Crippen molar-refractivity contribution in [3.8, 4) is 0 Å². The normalized spacial score (nSPS) is 8.45. The monoisotopic (exact) mass is 167 g/mol. The van der Waals surface area contributed by atoms with Crippen molar-refractivity contribution in [2.45, 2.75) is 26.4 Å². The zero-order chi connectivity index (χ0) is 10.3. The summed E-state index contributed by atoms with van der Waals surface area (Å²) in [5.41, 5.74) is 13.5. The summed E-state index contributed by atoms with van der Waals surface area (Å²) < 4.78 is 0. The van der Waals surface area contributed by atoms with Crippen LogP contribution < -0.4 is 17.2 Å². The number of hydrogen-bond donors (Lipinski definition) is 4. The Hall–Kier alpha value is -0.160. The SMILES string of the molecule is CCC(C)O.CN.CN.CN. The van der Waals surface area contributed by atoms with E-state index < -0.39 is 0 Å². The highest BCUT2D eigenvalue weighted by Gasteiger charge is 1.81. The molecule has 74 valence electrons. The highest BCUT2D eigenvalue weighted by molar-refractivity contribution is 4.34. The van der Waals surface area contributed by atoms with Crippen molar-refractivity contribution in [1.29, 1.82) is 0 Å². The lowest BCUT2D eigenvalue weighted by Crippen LogP contribution is -1.93. The van der Waals surface area contributed by atoms with Crippen LogP contribution in [-0.4, -0.2) is 32.4 Å². The molecule has 0 spiro atoms. The molecule has 0 aliphatic heterocycles. The summed E-state index contributed by atoms with van der Waals surface area (Å²) in [7, 11) is 4.50. The minimum atomic E-state index is -0.116. The molecule has 0 rings (SSSR count). The van der Waals surface area contributed by atoms with Crippen molar-refractivity contribution in [1.82, 2.24) is 0 Å². The van der Waals surface area contributed by atoms with Crippen LogP contribution in [0.5, 0.6) is 0 Å². The standard InChI is InChI=1S/C4H10O.3CH5N/c1-3-4(2)5;3*1-2/h4-5H,3H2,1-2H3;3*2H2,1H3. The average Bonchev–Trinajstić information content (AvgIpc) is 2.15. The Morgan fingerprint density at radius 3 is 1.09 bits per heavy atom. The maximum absolute atomic E-state index is 8.36. The molecule has 0 aliphatic rings. The Morgan fingerprint density at radius 2 is 1.09 bits per heavy atom. The van der Waals surface area contributed by atoms with Gasteiger partial charge >= 0.3 is 0 Å². The summed E-state index contributed by atoms with van der Waals surface area (Å²) in [6, 6.07) is 0. The van der Waals surface area contributed by atoms with Crippen LogP contribution in [0.15, 0.2) is 0 Å². The summed E-state index contributed by atoms with van der Waals surface area (Å²) in [5, 5.41) is 8.36. The van der Waals surface area contributed by atoms with E-state index in [0.717, 1.165) is 6.42 Å². The Balaban J connectivity index is -0.0000000350. The lowest BCUT2D eigenvalue weighted by Gasteiger charge is -1.90. The van der Waals surface area contributed by atoms with Gasteiger partial charge in [0.1, 0.15) is 0 Å². The van der Waals surface area contributed by atoms with Gasteiger partial charge in [0, 0.05) is 0 Å². The van der Waals surface area contributed by atoms with Gasteiger partial charge in [0.25, 0.3) is 0 Å². The zero-order valence-corrected chi connectivity index (χ0v) is 8.46. The maximum atomic E-state index is 8.36. The Kier molecular flexibility index (Phi) is 106. The van der Waals surface area contributed by atoms with Crippen LogP contribution in [0.25, 0.3) is 0 Å². The first-order valence-corrected chi connectivity index (χ1v) is 3.68. The van der Waals surface area contributed by atoms with Crippen molar-refractivity contribution in [2.24, 2.45) is 17.2 Å². The molecule has 1 unspecified atom stereocenters. The fourth-order valence-electron chi connectivity index (χ4n) is 0. The van der Waals surface area contributed by atoms with E-state index in [2.05, 4.69) is 17.2 Å². The van der Waals surface area contributed by atoms with E-state index in [9.17, 15) is 0 Å². The van der Waals surface area contributed by atoms with Gasteiger partial charge in [0.05, 0.1) is 6.10 Å². The third-order valence-corrected chi connectivity index (χ3v) is 0.591. The van der Waals surface area contributed by atoms with Gasteiger partial charge in [-0.15, -0.1) is 0 Å². The quantitative estimate of drug-likeness (QED) is 0.423. The van der Waals surface area contributed by atoms with Gasteiger partial charge < -0.3 is 22.3 Å². The predicted molar refractivity (Wildman–Crippen MR) is 52.3 cm³/mol. The summed E-state index contributed by atoms with van der Waals surface area (Å²) in [5.74, 6) is 0. The lowest BCUT2D eigenvalue weighted by atomic mass is 10.3. The van der Waals surface area contributed by atoms with Gasteiger partial charge in [-0.2, -0.15) is 0 Å². The first kappa shape index (κ1) is 22.4. The van der Waals surface area contributed by atoms with E-state index in [1.165, 1.54) is 21.1 Å². The molecule has 0 aromatic rings. The van der Waals surface area contributed by atoms with Crippen LogP contribution in [0, 0.1) is 0 Å². The zero-order valence-electron chi connectivity index (χ0n) is 8.46. The van der Waals surface area contributed by atoms with Gasteiger partial charge in [-0.1, -0.05) is 6.92 Å². The highest BCUT2D eigenvalue weighted by atomic mass is 16.3. The van der Waals surface area contributed by atoms with E-state index in [1.54, 1.807) is 6.92 Å². The highest BCUT2D eigenvalue weighted by Crippen LogP contribution is 1.81. The van der Waals surface area contributed by atoms with Gasteiger partial charge in [-0.3, -0.25) is 0 Å². The van der Waals surface area contributed by atoms with E-state index in [-0.39, 0.29) is 6.10 Å². The summed E-state index contributed by atoms with van der Waals surface area (Å²) in [4.78, 5) is 0. The van der Waals surface area contributed by atoms with Crippen molar-refractivity contribution < 1.29 is 5.11 Å². The molecule has 0 bridgehead atoms. The fourth-order valence-corrected chi connectivity index (χ4v) is 0. The molecule has 4 heteroatoms. The summed E-state index contributed by atoms with van der Waals surface area (Å²) >= 11 is 0. The first-order valence-electron chi connectivity index (χ1n) is 3.68. The molecule has 7 N–H and O–H groups in total. The van der Waals surface area contributed by atoms with Crippen LogP contribution in [0.4, 0.5) is 0 Å². The number of hydrogen-bond acceptors (Lipinski definition) is 4. The van der Waals surface area contributed by atoms with Crippen molar-refractivity contribution >= 4 is 0 Å². The number of aliphatic hydroxyl groups excluding tert-OH is 1. The molecule has 1 atom stereocenters. The molecule has 11 heavy (non-hydrogen) atoms. The smallest absolute Gasteiger partial charge is 0.0509 e. The molecule has 0 saturated carbocycles. The van der Waals surface area contributed by atoms with E-state index in [1.807, 2.05) is 6.92 Å². The fraction of sp³-hybridized carbons (Fsp3) is 1.00. The third-order valence-electron chi connectivity index (χ3n) is 0.591. The third kappa shape index (κ3) is 179.